The van der Waals surface area contributed by atoms with E-state index < -0.39 is 36.0 Å². The van der Waals surface area contributed by atoms with Gasteiger partial charge in [-0.3, -0.25) is 9.59 Å². The zero-order valence-corrected chi connectivity index (χ0v) is 16.9. The summed E-state index contributed by atoms with van der Waals surface area (Å²) < 4.78 is 33.5. The monoisotopic (exact) mass is 442 g/mol. The fraction of sp³-hybridized carbons (Fsp3) is 0.227. The molecule has 0 unspecified atom stereocenters. The van der Waals surface area contributed by atoms with Crippen LogP contribution in [0.15, 0.2) is 48.2 Å². The largest absolute Gasteiger partial charge is 0.378 e. The standard InChI is InChI=1S/C22H20F2N4O4/c23-15-3-1-2-4-17(15)25-20(29)13-28-21(30)18(26-22(28)31)12-14-5-6-19(16(24)11-14)27-7-9-32-10-8-27/h1-6,11-12H,7-10,13H2,(H,25,29)(H,26,31)/b18-12-. The van der Waals surface area contributed by atoms with Gasteiger partial charge in [0.2, 0.25) is 5.91 Å². The molecule has 2 heterocycles. The van der Waals surface area contributed by atoms with E-state index >= 15 is 0 Å². The summed E-state index contributed by atoms with van der Waals surface area (Å²) in [6, 6.07) is 9.25. The second kappa shape index (κ2) is 9.15. The first kappa shape index (κ1) is 21.4. The molecule has 0 saturated carbocycles. The lowest BCUT2D eigenvalue weighted by atomic mass is 10.1. The minimum atomic E-state index is -0.796. The van der Waals surface area contributed by atoms with E-state index in [-0.39, 0.29) is 11.4 Å². The number of urea groups is 1. The summed E-state index contributed by atoms with van der Waals surface area (Å²) in [6.45, 7) is 1.60. The highest BCUT2D eigenvalue weighted by atomic mass is 19.1. The minimum absolute atomic E-state index is 0.0591. The maximum Gasteiger partial charge on any atom is 0.329 e. The highest BCUT2D eigenvalue weighted by molar-refractivity contribution is 6.15. The topological polar surface area (TPSA) is 91.0 Å². The van der Waals surface area contributed by atoms with Gasteiger partial charge in [-0.1, -0.05) is 18.2 Å². The zero-order valence-electron chi connectivity index (χ0n) is 16.9. The SMILES string of the molecule is O=C(CN1C(=O)N/C(=C\c2ccc(N3CCOCC3)c(F)c2)C1=O)Nc1ccccc1F. The Morgan fingerprint density at radius 3 is 2.56 bits per heavy atom. The number of para-hydroxylation sites is 1. The molecule has 0 spiro atoms. The summed E-state index contributed by atoms with van der Waals surface area (Å²) in [7, 11) is 0. The molecule has 0 aliphatic carbocycles. The maximum atomic E-state index is 14.6. The Hall–Kier alpha value is -3.79. The molecule has 10 heteroatoms. The number of hydrogen-bond acceptors (Lipinski definition) is 5. The summed E-state index contributed by atoms with van der Waals surface area (Å²) in [5, 5.41) is 4.69. The molecule has 2 saturated heterocycles. The third kappa shape index (κ3) is 4.59. The van der Waals surface area contributed by atoms with Crippen molar-refractivity contribution in [3.05, 3.63) is 65.4 Å². The van der Waals surface area contributed by atoms with Crippen molar-refractivity contribution in [3.8, 4) is 0 Å². The van der Waals surface area contributed by atoms with Crippen molar-refractivity contribution in [1.82, 2.24) is 10.2 Å². The summed E-state index contributed by atoms with van der Waals surface area (Å²) in [6.07, 6.45) is 1.33. The van der Waals surface area contributed by atoms with Crippen LogP contribution in [0.4, 0.5) is 25.0 Å². The molecule has 2 aliphatic rings. The zero-order chi connectivity index (χ0) is 22.7. The van der Waals surface area contributed by atoms with Crippen molar-refractivity contribution in [1.29, 1.82) is 0 Å². The van der Waals surface area contributed by atoms with Crippen LogP contribution in [0, 0.1) is 11.6 Å². The highest BCUT2D eigenvalue weighted by Crippen LogP contribution is 2.23. The van der Waals surface area contributed by atoms with Gasteiger partial charge in [-0.2, -0.15) is 0 Å². The maximum absolute atomic E-state index is 14.6. The number of nitrogens with one attached hydrogen (secondary N) is 2. The van der Waals surface area contributed by atoms with Crippen molar-refractivity contribution in [3.63, 3.8) is 0 Å². The number of carbonyl (C=O) groups excluding carboxylic acids is 3. The molecule has 0 radical (unpaired) electrons. The van der Waals surface area contributed by atoms with Crippen LogP contribution in [-0.4, -0.2) is 55.6 Å². The van der Waals surface area contributed by atoms with E-state index in [1.54, 1.807) is 12.1 Å². The molecule has 4 amide bonds. The normalized spacial score (nSPS) is 17.6. The van der Waals surface area contributed by atoms with E-state index in [9.17, 15) is 23.2 Å². The summed E-state index contributed by atoms with van der Waals surface area (Å²) in [5.74, 6) is -2.57. The lowest BCUT2D eigenvalue weighted by Gasteiger charge is -2.29. The number of nitrogens with zero attached hydrogens (tertiary/aromatic N) is 2. The van der Waals surface area contributed by atoms with E-state index in [1.165, 1.54) is 36.4 Å². The molecule has 2 fully saturated rings. The minimum Gasteiger partial charge on any atom is -0.378 e. The van der Waals surface area contributed by atoms with Crippen molar-refractivity contribution < 1.29 is 27.9 Å². The third-order valence-corrected chi connectivity index (χ3v) is 5.05. The fourth-order valence-electron chi connectivity index (χ4n) is 3.45. The van der Waals surface area contributed by atoms with Gasteiger partial charge in [0.15, 0.2) is 0 Å². The summed E-state index contributed by atoms with van der Waals surface area (Å²) in [4.78, 5) is 39.5. The number of hydrogen-bond donors (Lipinski definition) is 2. The molecule has 2 N–H and O–H groups in total. The van der Waals surface area contributed by atoms with Crippen LogP contribution in [0.25, 0.3) is 6.08 Å². The Kier molecular flexibility index (Phi) is 6.13. The number of halogens is 2. The second-order valence-corrected chi connectivity index (χ2v) is 7.22. The molecule has 32 heavy (non-hydrogen) atoms. The van der Waals surface area contributed by atoms with Crippen molar-refractivity contribution in [2.24, 2.45) is 0 Å². The first-order chi connectivity index (χ1) is 15.4. The van der Waals surface area contributed by atoms with Gasteiger partial charge in [0.05, 0.1) is 24.6 Å². The lowest BCUT2D eigenvalue weighted by molar-refractivity contribution is -0.127. The van der Waals surface area contributed by atoms with Crippen molar-refractivity contribution >= 4 is 35.3 Å². The smallest absolute Gasteiger partial charge is 0.329 e. The van der Waals surface area contributed by atoms with Gasteiger partial charge in [0.1, 0.15) is 23.9 Å². The van der Waals surface area contributed by atoms with Crippen LogP contribution in [0.5, 0.6) is 0 Å². The molecule has 0 atom stereocenters. The first-order valence-corrected chi connectivity index (χ1v) is 9.93. The lowest BCUT2D eigenvalue weighted by Crippen LogP contribution is -2.38. The summed E-state index contributed by atoms with van der Waals surface area (Å²) in [5.41, 5.74) is 0.660. The predicted molar refractivity (Wildman–Crippen MR) is 113 cm³/mol. The molecule has 4 rings (SSSR count). The molecule has 2 aromatic carbocycles. The number of rotatable bonds is 5. The quantitative estimate of drug-likeness (QED) is 0.548. The second-order valence-electron chi connectivity index (χ2n) is 7.22. The van der Waals surface area contributed by atoms with Crippen LogP contribution in [-0.2, 0) is 14.3 Å². The van der Waals surface area contributed by atoms with Gasteiger partial charge in [-0.05, 0) is 35.9 Å². The molecule has 2 aromatic rings. The number of amides is 4. The van der Waals surface area contributed by atoms with Crippen LogP contribution in [0.3, 0.4) is 0 Å². The Bertz CT molecular complexity index is 1100. The molecule has 8 nitrogen and oxygen atoms in total. The van der Waals surface area contributed by atoms with Gasteiger partial charge < -0.3 is 20.3 Å². The average Bonchev–Trinajstić information content (AvgIpc) is 3.03. The molecular formula is C22H20F2N4O4. The molecular weight excluding hydrogens is 422 g/mol. The average molecular weight is 442 g/mol. The van der Waals surface area contributed by atoms with E-state index in [4.69, 9.17) is 4.74 Å². The third-order valence-electron chi connectivity index (χ3n) is 5.05. The van der Waals surface area contributed by atoms with Crippen LogP contribution in [0.1, 0.15) is 5.56 Å². The van der Waals surface area contributed by atoms with Crippen molar-refractivity contribution in [2.45, 2.75) is 0 Å². The van der Waals surface area contributed by atoms with Crippen LogP contribution in [0.2, 0.25) is 0 Å². The van der Waals surface area contributed by atoms with Crippen LogP contribution < -0.4 is 15.5 Å². The van der Waals surface area contributed by atoms with E-state index in [2.05, 4.69) is 10.6 Å². The Balaban J connectivity index is 1.44. The van der Waals surface area contributed by atoms with Crippen molar-refractivity contribution in [2.75, 3.05) is 43.1 Å². The Labute approximate surface area is 182 Å². The van der Waals surface area contributed by atoms with E-state index in [0.29, 0.717) is 42.5 Å². The van der Waals surface area contributed by atoms with Gasteiger partial charge in [-0.25, -0.2) is 18.5 Å². The summed E-state index contributed by atoms with van der Waals surface area (Å²) >= 11 is 0. The van der Waals surface area contributed by atoms with Gasteiger partial charge in [-0.15, -0.1) is 0 Å². The fourth-order valence-corrected chi connectivity index (χ4v) is 3.45. The Morgan fingerprint density at radius 2 is 1.84 bits per heavy atom. The molecule has 0 aromatic heterocycles. The predicted octanol–water partition coefficient (Wildman–Crippen LogP) is 2.33. The van der Waals surface area contributed by atoms with Gasteiger partial charge in [0.25, 0.3) is 5.91 Å². The number of benzene rings is 2. The van der Waals surface area contributed by atoms with E-state index in [1.807, 2.05) is 4.90 Å². The Morgan fingerprint density at radius 1 is 1.09 bits per heavy atom. The number of morpholine rings is 1. The molecule has 2 aliphatic heterocycles. The number of carbonyl (C=O) groups is 3. The highest BCUT2D eigenvalue weighted by Gasteiger charge is 2.35. The first-order valence-electron chi connectivity index (χ1n) is 9.93. The van der Waals surface area contributed by atoms with Gasteiger partial charge >= 0.3 is 6.03 Å². The number of anilines is 2. The number of imide groups is 1. The van der Waals surface area contributed by atoms with E-state index in [0.717, 1.165) is 0 Å². The van der Waals surface area contributed by atoms with Gasteiger partial charge in [0, 0.05) is 13.1 Å². The van der Waals surface area contributed by atoms with Crippen LogP contribution >= 0.6 is 0 Å². The number of ether oxygens (including phenoxy) is 1. The molecule has 0 bridgehead atoms. The molecule has 166 valence electrons.